The number of nitrogens with zero attached hydrogens (tertiary/aromatic N) is 3. The lowest BCUT2D eigenvalue weighted by atomic mass is 10.1. The Morgan fingerprint density at radius 2 is 2.05 bits per heavy atom. The zero-order valence-corrected chi connectivity index (χ0v) is 14.1. The van der Waals surface area contributed by atoms with E-state index in [9.17, 15) is 4.79 Å². The highest BCUT2D eigenvalue weighted by Crippen LogP contribution is 2.31. The molecular formula is C16H21N3O2S. The predicted molar refractivity (Wildman–Crippen MR) is 91.5 cm³/mol. The molecule has 5 nitrogen and oxygen atoms in total. The van der Waals surface area contributed by atoms with Crippen LogP contribution in [0.2, 0.25) is 0 Å². The van der Waals surface area contributed by atoms with E-state index in [0.29, 0.717) is 11.8 Å². The van der Waals surface area contributed by atoms with Gasteiger partial charge in [0, 0.05) is 7.05 Å². The van der Waals surface area contributed by atoms with Crippen molar-refractivity contribution in [3.05, 3.63) is 30.3 Å². The third-order valence-corrected chi connectivity index (χ3v) is 4.76. The highest BCUT2D eigenvalue weighted by atomic mass is 32.2. The van der Waals surface area contributed by atoms with Crippen molar-refractivity contribution in [3.8, 4) is 5.75 Å². The fraction of sp³-hybridized carbons (Fsp3) is 0.438. The van der Waals surface area contributed by atoms with Crippen LogP contribution in [0.5, 0.6) is 5.75 Å². The second kappa shape index (κ2) is 7.45. The normalized spacial score (nSPS) is 21.0. The van der Waals surface area contributed by atoms with Gasteiger partial charge in [0.15, 0.2) is 5.17 Å². The Hall–Kier alpha value is -1.82. The molecular weight excluding hydrogens is 298 g/mol. The van der Waals surface area contributed by atoms with E-state index < -0.39 is 0 Å². The van der Waals surface area contributed by atoms with Crippen LogP contribution in [0.15, 0.2) is 40.5 Å². The number of benzene rings is 1. The van der Waals surface area contributed by atoms with Crippen LogP contribution >= 0.6 is 11.8 Å². The Bertz CT molecular complexity index is 584. The molecule has 1 aliphatic rings. The molecule has 1 amide bonds. The maximum atomic E-state index is 12.1. The Morgan fingerprint density at radius 1 is 1.36 bits per heavy atom. The summed E-state index contributed by atoms with van der Waals surface area (Å²) in [7, 11) is 1.74. The van der Waals surface area contributed by atoms with Crippen LogP contribution in [0.3, 0.4) is 0 Å². The van der Waals surface area contributed by atoms with Gasteiger partial charge in [-0.25, -0.2) is 0 Å². The molecule has 1 saturated heterocycles. The molecule has 0 saturated carbocycles. The first-order valence-corrected chi connectivity index (χ1v) is 8.10. The molecule has 6 heteroatoms. The van der Waals surface area contributed by atoms with Gasteiger partial charge in [0.1, 0.15) is 12.4 Å². The predicted octanol–water partition coefficient (Wildman–Crippen LogP) is 3.03. The Balaban J connectivity index is 1.96. The number of amidine groups is 1. The van der Waals surface area contributed by atoms with Crippen LogP contribution in [-0.4, -0.2) is 40.6 Å². The van der Waals surface area contributed by atoms with Gasteiger partial charge in [-0.3, -0.25) is 9.69 Å². The van der Waals surface area contributed by atoms with E-state index in [1.165, 1.54) is 11.8 Å². The number of ether oxygens (including phenoxy) is 1. The molecule has 1 aromatic carbocycles. The van der Waals surface area contributed by atoms with Crippen LogP contribution in [0.1, 0.15) is 20.8 Å². The summed E-state index contributed by atoms with van der Waals surface area (Å²) in [5, 5.41) is 8.93. The van der Waals surface area contributed by atoms with E-state index in [0.717, 1.165) is 11.5 Å². The molecule has 118 valence electrons. The summed E-state index contributed by atoms with van der Waals surface area (Å²) in [6.07, 6.45) is 0. The second-order valence-corrected chi connectivity index (χ2v) is 6.61. The summed E-state index contributed by atoms with van der Waals surface area (Å²) in [5.74, 6) is 1.17. The summed E-state index contributed by atoms with van der Waals surface area (Å²) >= 11 is 1.47. The smallest absolute Gasteiger partial charge is 0.242 e. The zero-order chi connectivity index (χ0) is 16.1. The summed E-state index contributed by atoms with van der Waals surface area (Å²) in [4.78, 5) is 13.6. The number of hydrogen-bond acceptors (Lipinski definition) is 5. The molecule has 0 radical (unpaired) electrons. The van der Waals surface area contributed by atoms with Crippen molar-refractivity contribution >= 4 is 28.5 Å². The van der Waals surface area contributed by atoms with Gasteiger partial charge in [0.05, 0.1) is 11.0 Å². The minimum absolute atomic E-state index is 0.0696. The second-order valence-electron chi connectivity index (χ2n) is 5.50. The lowest BCUT2D eigenvalue weighted by molar-refractivity contribution is -0.125. The maximum absolute atomic E-state index is 12.1. The van der Waals surface area contributed by atoms with E-state index in [-0.39, 0.29) is 17.1 Å². The van der Waals surface area contributed by atoms with E-state index in [1.54, 1.807) is 11.9 Å². The van der Waals surface area contributed by atoms with Gasteiger partial charge in [-0.05, 0) is 25.0 Å². The first-order valence-electron chi connectivity index (χ1n) is 7.22. The van der Waals surface area contributed by atoms with E-state index >= 15 is 0 Å². The fourth-order valence-corrected chi connectivity index (χ4v) is 3.00. The number of rotatable bonds is 5. The molecule has 1 aliphatic heterocycles. The Morgan fingerprint density at radius 3 is 2.64 bits per heavy atom. The molecule has 1 aromatic rings. The SMILES string of the molecule is C/C(COc1ccccc1)=N\N=C1\SC(C(C)C)C(=O)N1C. The van der Waals surface area contributed by atoms with Crippen molar-refractivity contribution in [1.29, 1.82) is 0 Å². The highest BCUT2D eigenvalue weighted by Gasteiger charge is 2.37. The van der Waals surface area contributed by atoms with Crippen LogP contribution in [0, 0.1) is 5.92 Å². The molecule has 0 bridgehead atoms. The highest BCUT2D eigenvalue weighted by molar-refractivity contribution is 8.15. The first kappa shape index (κ1) is 16.5. The van der Waals surface area contributed by atoms with Crippen molar-refractivity contribution in [2.75, 3.05) is 13.7 Å². The molecule has 0 N–H and O–H groups in total. The van der Waals surface area contributed by atoms with Crippen molar-refractivity contribution in [3.63, 3.8) is 0 Å². The molecule has 1 fully saturated rings. The Kier molecular flexibility index (Phi) is 5.60. The monoisotopic (exact) mass is 319 g/mol. The van der Waals surface area contributed by atoms with Crippen LogP contribution in [0.4, 0.5) is 0 Å². The lowest BCUT2D eigenvalue weighted by Gasteiger charge is -2.10. The minimum Gasteiger partial charge on any atom is -0.488 e. The number of amides is 1. The summed E-state index contributed by atoms with van der Waals surface area (Å²) in [5.41, 5.74) is 0.755. The van der Waals surface area contributed by atoms with Crippen LogP contribution in [0.25, 0.3) is 0 Å². The van der Waals surface area contributed by atoms with Crippen molar-refractivity contribution < 1.29 is 9.53 Å². The molecule has 0 spiro atoms. The van der Waals surface area contributed by atoms with Gasteiger partial charge in [-0.2, -0.15) is 5.10 Å². The fourth-order valence-electron chi connectivity index (χ4n) is 1.90. The van der Waals surface area contributed by atoms with Gasteiger partial charge < -0.3 is 4.74 Å². The summed E-state index contributed by atoms with van der Waals surface area (Å²) < 4.78 is 5.60. The standard InChI is InChI=1S/C16H21N3O2S/c1-11(2)14-15(20)19(4)16(22-14)18-17-12(3)10-21-13-8-6-5-7-9-13/h5-9,11,14H,10H2,1-4H3/b17-12+,18-16+. The molecule has 1 unspecified atom stereocenters. The number of thioether (sulfide) groups is 1. The minimum atomic E-state index is -0.0696. The molecule has 22 heavy (non-hydrogen) atoms. The third kappa shape index (κ3) is 4.10. The van der Waals surface area contributed by atoms with E-state index in [4.69, 9.17) is 4.74 Å². The number of carbonyl (C=O) groups excluding carboxylic acids is 1. The summed E-state index contributed by atoms with van der Waals surface area (Å²) in [6, 6.07) is 9.57. The van der Waals surface area contributed by atoms with Gasteiger partial charge in [0.25, 0.3) is 0 Å². The topological polar surface area (TPSA) is 54.3 Å². The average molecular weight is 319 g/mol. The van der Waals surface area contributed by atoms with Crippen molar-refractivity contribution in [2.45, 2.75) is 26.0 Å². The number of hydrogen-bond donors (Lipinski definition) is 0. The molecule has 2 rings (SSSR count). The van der Waals surface area contributed by atoms with Gasteiger partial charge in [-0.15, -0.1) is 5.10 Å². The van der Waals surface area contributed by atoms with Crippen LogP contribution in [-0.2, 0) is 4.79 Å². The average Bonchev–Trinajstić information content (AvgIpc) is 2.80. The van der Waals surface area contributed by atoms with Gasteiger partial charge >= 0.3 is 0 Å². The van der Waals surface area contributed by atoms with Crippen molar-refractivity contribution in [2.24, 2.45) is 16.1 Å². The molecule has 0 aliphatic carbocycles. The molecule has 1 atom stereocenters. The quantitative estimate of drug-likeness (QED) is 0.619. The molecule has 1 heterocycles. The Labute approximate surface area is 135 Å². The van der Waals surface area contributed by atoms with E-state index in [1.807, 2.05) is 51.1 Å². The zero-order valence-electron chi connectivity index (χ0n) is 13.3. The maximum Gasteiger partial charge on any atom is 0.242 e. The number of carbonyl (C=O) groups is 1. The van der Waals surface area contributed by atoms with Gasteiger partial charge in [0.2, 0.25) is 5.91 Å². The molecule has 0 aromatic heterocycles. The van der Waals surface area contributed by atoms with Crippen LogP contribution < -0.4 is 4.74 Å². The van der Waals surface area contributed by atoms with Crippen molar-refractivity contribution in [1.82, 2.24) is 4.90 Å². The number of para-hydroxylation sites is 1. The third-order valence-electron chi connectivity index (χ3n) is 3.20. The first-order chi connectivity index (χ1) is 10.5. The summed E-state index contributed by atoms with van der Waals surface area (Å²) in [6.45, 7) is 6.30. The van der Waals surface area contributed by atoms with Gasteiger partial charge in [-0.1, -0.05) is 43.8 Å². The largest absolute Gasteiger partial charge is 0.488 e. The van der Waals surface area contributed by atoms with E-state index in [2.05, 4.69) is 10.2 Å². The lowest BCUT2D eigenvalue weighted by Crippen LogP contribution is -2.30.